The van der Waals surface area contributed by atoms with Gasteiger partial charge in [-0.3, -0.25) is 0 Å². The Balaban J connectivity index is 0.000000319. The van der Waals surface area contributed by atoms with Crippen LogP contribution in [-0.4, -0.2) is 52.2 Å². The Morgan fingerprint density at radius 2 is 1.38 bits per heavy atom. The zero-order valence-corrected chi connectivity index (χ0v) is 27.2. The maximum atomic E-state index is 13.4. The van der Waals surface area contributed by atoms with Gasteiger partial charge in [0, 0.05) is 40.4 Å². The van der Waals surface area contributed by atoms with Gasteiger partial charge in [-0.1, -0.05) is 29.8 Å². The second-order valence-corrected chi connectivity index (χ2v) is 13.0. The van der Waals surface area contributed by atoms with E-state index in [1.165, 1.54) is 23.5 Å². The summed E-state index contributed by atoms with van der Waals surface area (Å²) in [5.41, 5.74) is 2.72. The summed E-state index contributed by atoms with van der Waals surface area (Å²) in [7, 11) is -0.481. The van der Waals surface area contributed by atoms with Crippen LogP contribution >= 0.6 is 31.9 Å². The molecule has 0 aliphatic heterocycles. The topological polar surface area (TPSA) is 67.9 Å². The SMILES string of the molecule is COC(C)CN(Cc1ccc(F)c(Br)c1)S(=O)(=O)c1ccc(C)cc1.COC(C)CNCc1ccc(F)c(Br)c1. The van der Waals surface area contributed by atoms with Crippen LogP contribution in [0.25, 0.3) is 0 Å². The third-order valence-electron chi connectivity index (χ3n) is 6.01. The molecule has 0 heterocycles. The van der Waals surface area contributed by atoms with Crippen molar-refractivity contribution in [1.29, 1.82) is 0 Å². The average molecular weight is 706 g/mol. The summed E-state index contributed by atoms with van der Waals surface area (Å²) >= 11 is 6.29. The van der Waals surface area contributed by atoms with Crippen molar-refractivity contribution in [2.45, 2.75) is 51.0 Å². The van der Waals surface area contributed by atoms with E-state index >= 15 is 0 Å². The van der Waals surface area contributed by atoms with Gasteiger partial charge in [-0.2, -0.15) is 4.31 Å². The predicted molar refractivity (Wildman–Crippen MR) is 162 cm³/mol. The molecule has 0 saturated carbocycles. The predicted octanol–water partition coefficient (Wildman–Crippen LogP) is 6.84. The Morgan fingerprint density at radius 3 is 1.90 bits per heavy atom. The van der Waals surface area contributed by atoms with Crippen LogP contribution in [0.15, 0.2) is 74.5 Å². The third kappa shape index (κ3) is 10.9. The zero-order chi connectivity index (χ0) is 29.9. The zero-order valence-electron chi connectivity index (χ0n) is 23.3. The van der Waals surface area contributed by atoms with Gasteiger partial charge in [0.1, 0.15) is 11.6 Å². The fraction of sp³-hybridized carbons (Fsp3) is 0.379. The minimum absolute atomic E-state index is 0.128. The number of nitrogens with zero attached hydrogens (tertiary/aromatic N) is 1. The van der Waals surface area contributed by atoms with Gasteiger partial charge < -0.3 is 14.8 Å². The number of sulfonamides is 1. The smallest absolute Gasteiger partial charge is 0.243 e. The molecular formula is C29H36Br2F2N2O4S. The van der Waals surface area contributed by atoms with Crippen molar-refractivity contribution in [1.82, 2.24) is 9.62 Å². The molecule has 0 aliphatic carbocycles. The van der Waals surface area contributed by atoms with Gasteiger partial charge in [0.25, 0.3) is 0 Å². The maximum Gasteiger partial charge on any atom is 0.243 e. The molecule has 0 bridgehead atoms. The van der Waals surface area contributed by atoms with Crippen molar-refractivity contribution in [3.8, 4) is 0 Å². The Kier molecular flexibility index (Phi) is 14.3. The van der Waals surface area contributed by atoms with Gasteiger partial charge in [-0.05, 0) is 100 Å². The Morgan fingerprint density at radius 1 is 0.850 bits per heavy atom. The lowest BCUT2D eigenvalue weighted by Gasteiger charge is -2.25. The van der Waals surface area contributed by atoms with Gasteiger partial charge in [0.15, 0.2) is 0 Å². The highest BCUT2D eigenvalue weighted by Crippen LogP contribution is 2.23. The van der Waals surface area contributed by atoms with E-state index in [0.29, 0.717) is 21.1 Å². The molecule has 0 amide bonds. The van der Waals surface area contributed by atoms with E-state index in [0.717, 1.165) is 17.7 Å². The number of hydrogen-bond acceptors (Lipinski definition) is 5. The Labute approximate surface area is 253 Å². The number of hydrogen-bond donors (Lipinski definition) is 1. The second kappa shape index (κ2) is 16.6. The molecule has 0 radical (unpaired) electrons. The van der Waals surface area contributed by atoms with Crippen molar-refractivity contribution in [3.05, 3.63) is 97.9 Å². The highest BCUT2D eigenvalue weighted by molar-refractivity contribution is 9.10. The lowest BCUT2D eigenvalue weighted by atomic mass is 10.2. The first-order chi connectivity index (χ1) is 18.9. The molecule has 0 aliphatic rings. The normalized spacial score (nSPS) is 13.1. The lowest BCUT2D eigenvalue weighted by molar-refractivity contribution is 0.0980. The monoisotopic (exact) mass is 704 g/mol. The van der Waals surface area contributed by atoms with Crippen LogP contribution in [0.3, 0.4) is 0 Å². The van der Waals surface area contributed by atoms with Gasteiger partial charge in [0.2, 0.25) is 10.0 Å². The Hall–Kier alpha value is -1.73. The minimum atomic E-state index is -3.70. The molecular weight excluding hydrogens is 670 g/mol. The quantitative estimate of drug-likeness (QED) is 0.224. The third-order valence-corrected chi connectivity index (χ3v) is 9.05. The lowest BCUT2D eigenvalue weighted by Crippen LogP contribution is -2.36. The van der Waals surface area contributed by atoms with Crippen LogP contribution in [0.1, 0.15) is 30.5 Å². The summed E-state index contributed by atoms with van der Waals surface area (Å²) in [5.74, 6) is -0.619. The van der Waals surface area contributed by atoms with E-state index in [2.05, 4.69) is 37.2 Å². The van der Waals surface area contributed by atoms with Gasteiger partial charge in [-0.15, -0.1) is 0 Å². The number of benzene rings is 3. The van der Waals surface area contributed by atoms with E-state index in [1.807, 2.05) is 13.8 Å². The van der Waals surface area contributed by atoms with Crippen LogP contribution in [0.5, 0.6) is 0 Å². The van der Waals surface area contributed by atoms with E-state index in [4.69, 9.17) is 9.47 Å². The van der Waals surface area contributed by atoms with E-state index in [-0.39, 0.29) is 41.8 Å². The standard InChI is InChI=1S/C18H21BrFNO3S.C11H15BrFNO/c1-13-4-7-16(8-5-13)25(22,23)21(11-14(2)24-3)12-15-6-9-18(20)17(19)10-15;1-8(15-2)6-14-7-9-3-4-11(13)10(12)5-9/h4-10,14H,11-12H2,1-3H3;3-5,8,14H,6-7H2,1-2H3. The number of aryl methyl sites for hydroxylation is 1. The summed E-state index contributed by atoms with van der Waals surface area (Å²) < 4.78 is 64.9. The molecule has 3 rings (SSSR count). The van der Waals surface area contributed by atoms with Crippen molar-refractivity contribution in [2.75, 3.05) is 27.3 Å². The molecule has 2 atom stereocenters. The molecule has 220 valence electrons. The molecule has 3 aromatic carbocycles. The van der Waals surface area contributed by atoms with Crippen molar-refractivity contribution in [3.63, 3.8) is 0 Å². The molecule has 0 aromatic heterocycles. The van der Waals surface area contributed by atoms with Crippen LogP contribution in [0.4, 0.5) is 8.78 Å². The molecule has 0 saturated heterocycles. The summed E-state index contributed by atoms with van der Waals surface area (Å²) in [6.07, 6.45) is -0.0852. The minimum Gasteiger partial charge on any atom is -0.380 e. The van der Waals surface area contributed by atoms with Gasteiger partial charge in [0.05, 0.1) is 26.0 Å². The van der Waals surface area contributed by atoms with Gasteiger partial charge >= 0.3 is 0 Å². The number of nitrogens with one attached hydrogen (secondary N) is 1. The summed E-state index contributed by atoms with van der Waals surface area (Å²) in [5, 5.41) is 3.23. The van der Waals surface area contributed by atoms with E-state index in [9.17, 15) is 17.2 Å². The Bertz CT molecular complexity index is 1330. The van der Waals surface area contributed by atoms with Crippen LogP contribution in [0.2, 0.25) is 0 Å². The summed E-state index contributed by atoms with van der Waals surface area (Å²) in [6, 6.07) is 16.2. The fourth-order valence-electron chi connectivity index (χ4n) is 3.46. The molecule has 6 nitrogen and oxygen atoms in total. The van der Waals surface area contributed by atoms with Gasteiger partial charge in [-0.25, -0.2) is 17.2 Å². The fourth-order valence-corrected chi connectivity index (χ4v) is 5.82. The van der Waals surface area contributed by atoms with Crippen molar-refractivity contribution in [2.24, 2.45) is 0 Å². The largest absolute Gasteiger partial charge is 0.380 e. The first kappa shape index (κ1) is 34.5. The second-order valence-electron chi connectivity index (χ2n) is 9.33. The first-order valence-electron chi connectivity index (χ1n) is 12.6. The number of ether oxygens (including phenoxy) is 2. The molecule has 2 unspecified atom stereocenters. The van der Waals surface area contributed by atoms with Crippen LogP contribution < -0.4 is 5.32 Å². The van der Waals surface area contributed by atoms with Crippen LogP contribution in [-0.2, 0) is 32.6 Å². The average Bonchev–Trinajstić information content (AvgIpc) is 2.92. The maximum absolute atomic E-state index is 13.4. The summed E-state index contributed by atoms with van der Waals surface area (Å²) in [6.45, 7) is 7.52. The molecule has 3 aromatic rings. The van der Waals surface area contributed by atoms with E-state index < -0.39 is 10.0 Å². The molecule has 40 heavy (non-hydrogen) atoms. The highest BCUT2D eigenvalue weighted by atomic mass is 79.9. The number of halogens is 4. The molecule has 0 spiro atoms. The number of methoxy groups -OCH3 is 2. The van der Waals surface area contributed by atoms with Crippen molar-refractivity contribution >= 4 is 41.9 Å². The van der Waals surface area contributed by atoms with E-state index in [1.54, 1.807) is 62.6 Å². The summed E-state index contributed by atoms with van der Waals surface area (Å²) in [4.78, 5) is 0.225. The highest BCUT2D eigenvalue weighted by Gasteiger charge is 2.26. The molecule has 1 N–H and O–H groups in total. The molecule has 11 heteroatoms. The first-order valence-corrected chi connectivity index (χ1v) is 15.6. The van der Waals surface area contributed by atoms with Crippen LogP contribution in [0, 0.1) is 18.6 Å². The molecule has 0 fully saturated rings. The number of rotatable bonds is 12. The van der Waals surface area contributed by atoms with Crippen molar-refractivity contribution < 1.29 is 26.7 Å².